The van der Waals surface area contributed by atoms with Crippen LogP contribution in [0.2, 0.25) is 0 Å². The molecule has 0 fully saturated rings. The highest BCUT2D eigenvalue weighted by Gasteiger charge is 2.46. The monoisotopic (exact) mass is 590 g/mol. The van der Waals surface area contributed by atoms with Crippen molar-refractivity contribution in [2.75, 3.05) is 23.9 Å². The SMILES string of the molecule is CC1=CCC/C=C(\c2nn3c(c2NC(=O)CS(C)(=O)=O)C(=O)N[C@@]2(CCc4cc(OCC(F)(F)F)ccc42)C3)C=C1. The van der Waals surface area contributed by atoms with Gasteiger partial charge < -0.3 is 15.4 Å². The van der Waals surface area contributed by atoms with Crippen LogP contribution < -0.4 is 15.4 Å². The first-order chi connectivity index (χ1) is 19.2. The summed E-state index contributed by atoms with van der Waals surface area (Å²) in [7, 11) is -3.63. The quantitative estimate of drug-likeness (QED) is 0.524. The maximum atomic E-state index is 13.7. The minimum atomic E-state index is -4.46. The molecule has 0 bridgehead atoms. The lowest BCUT2D eigenvalue weighted by molar-refractivity contribution is -0.153. The van der Waals surface area contributed by atoms with Crippen molar-refractivity contribution < 1.29 is 35.9 Å². The third kappa shape index (κ3) is 6.24. The Hall–Kier alpha value is -3.87. The van der Waals surface area contributed by atoms with Crippen LogP contribution in [0.15, 0.2) is 48.1 Å². The molecule has 2 amide bonds. The van der Waals surface area contributed by atoms with Crippen LogP contribution in [-0.2, 0) is 33.1 Å². The number of allylic oxidation sites excluding steroid dienone is 6. The van der Waals surface area contributed by atoms with Crippen LogP contribution in [0.4, 0.5) is 18.9 Å². The molecule has 1 aromatic carbocycles. The van der Waals surface area contributed by atoms with Gasteiger partial charge in [0.05, 0.1) is 12.1 Å². The van der Waals surface area contributed by atoms with Gasteiger partial charge in [0.1, 0.15) is 22.9 Å². The number of halogens is 3. The molecule has 2 aromatic rings. The van der Waals surface area contributed by atoms with E-state index >= 15 is 0 Å². The Kier molecular flexibility index (Phi) is 7.35. The first kappa shape index (κ1) is 28.7. The van der Waals surface area contributed by atoms with E-state index in [0.717, 1.165) is 29.4 Å². The lowest BCUT2D eigenvalue weighted by Crippen LogP contribution is -2.52. The molecule has 5 rings (SSSR count). The summed E-state index contributed by atoms with van der Waals surface area (Å²) >= 11 is 0. The second-order valence-electron chi connectivity index (χ2n) is 10.6. The van der Waals surface area contributed by atoms with Crippen LogP contribution in [0.25, 0.3) is 5.57 Å². The first-order valence-corrected chi connectivity index (χ1v) is 15.1. The largest absolute Gasteiger partial charge is 0.484 e. The number of ether oxygens (including phenoxy) is 1. The molecule has 3 aliphatic rings. The predicted octanol–water partition coefficient (Wildman–Crippen LogP) is 4.07. The summed E-state index contributed by atoms with van der Waals surface area (Å²) in [5, 5.41) is 10.4. The molecule has 1 atom stereocenters. The lowest BCUT2D eigenvalue weighted by atomic mass is 9.89. The van der Waals surface area contributed by atoms with E-state index in [1.165, 1.54) is 10.7 Å². The summed E-state index contributed by atoms with van der Waals surface area (Å²) < 4.78 is 67.9. The van der Waals surface area contributed by atoms with Gasteiger partial charge in [0.15, 0.2) is 22.1 Å². The molecule has 9 nitrogen and oxygen atoms in total. The van der Waals surface area contributed by atoms with E-state index in [0.29, 0.717) is 30.5 Å². The number of alkyl halides is 3. The van der Waals surface area contributed by atoms with Crippen LogP contribution >= 0.6 is 0 Å². The zero-order chi connectivity index (χ0) is 29.6. The second-order valence-corrected chi connectivity index (χ2v) is 12.8. The van der Waals surface area contributed by atoms with Crippen LogP contribution in [0, 0.1) is 0 Å². The number of anilines is 1. The van der Waals surface area contributed by atoms with Gasteiger partial charge >= 0.3 is 6.18 Å². The number of nitrogens with one attached hydrogen (secondary N) is 2. The van der Waals surface area contributed by atoms with Gasteiger partial charge in [-0.15, -0.1) is 0 Å². The summed E-state index contributed by atoms with van der Waals surface area (Å²) in [5.41, 5.74) is 2.91. The fraction of sp³-hybridized carbons (Fsp3) is 0.393. The number of nitrogens with zero attached hydrogens (tertiary/aromatic N) is 2. The van der Waals surface area contributed by atoms with Crippen molar-refractivity contribution in [3.63, 3.8) is 0 Å². The molecule has 13 heteroatoms. The topological polar surface area (TPSA) is 119 Å². The van der Waals surface area contributed by atoms with E-state index in [1.54, 1.807) is 12.1 Å². The van der Waals surface area contributed by atoms with Crippen LogP contribution in [-0.4, -0.2) is 54.8 Å². The van der Waals surface area contributed by atoms with Crippen molar-refractivity contribution in [1.82, 2.24) is 15.1 Å². The Morgan fingerprint density at radius 2 is 1.98 bits per heavy atom. The van der Waals surface area contributed by atoms with E-state index in [9.17, 15) is 31.2 Å². The van der Waals surface area contributed by atoms with Crippen molar-refractivity contribution in [1.29, 1.82) is 0 Å². The van der Waals surface area contributed by atoms with Crippen molar-refractivity contribution >= 4 is 32.9 Å². The normalized spacial score (nSPS) is 21.6. The zero-order valence-electron chi connectivity index (χ0n) is 22.5. The average Bonchev–Trinajstić information content (AvgIpc) is 3.37. The van der Waals surface area contributed by atoms with Crippen molar-refractivity contribution in [3.8, 4) is 5.75 Å². The first-order valence-electron chi connectivity index (χ1n) is 13.0. The number of aromatic nitrogens is 2. The van der Waals surface area contributed by atoms with Gasteiger partial charge in [0.2, 0.25) is 5.91 Å². The lowest BCUT2D eigenvalue weighted by Gasteiger charge is -2.36. The molecule has 0 saturated carbocycles. The minimum absolute atomic E-state index is 0.0885. The van der Waals surface area contributed by atoms with Gasteiger partial charge in [0, 0.05) is 11.8 Å². The van der Waals surface area contributed by atoms with E-state index in [-0.39, 0.29) is 23.7 Å². The van der Waals surface area contributed by atoms with E-state index in [2.05, 4.69) is 16.7 Å². The summed E-state index contributed by atoms with van der Waals surface area (Å²) in [4.78, 5) is 26.4. The number of benzene rings is 1. The molecule has 2 heterocycles. The maximum absolute atomic E-state index is 13.7. The molecule has 0 saturated heterocycles. The summed E-state index contributed by atoms with van der Waals surface area (Å²) in [6.07, 6.45) is 6.72. The van der Waals surface area contributed by atoms with Gasteiger partial charge in [-0.05, 0) is 55.9 Å². The Balaban J connectivity index is 1.53. The van der Waals surface area contributed by atoms with Gasteiger partial charge in [-0.1, -0.05) is 35.9 Å². The second kappa shape index (κ2) is 10.5. The minimum Gasteiger partial charge on any atom is -0.484 e. The van der Waals surface area contributed by atoms with E-state index < -0.39 is 45.7 Å². The molecule has 1 aromatic heterocycles. The Labute approximate surface area is 235 Å². The Morgan fingerprint density at radius 3 is 2.71 bits per heavy atom. The van der Waals surface area contributed by atoms with E-state index in [1.807, 2.05) is 25.2 Å². The van der Waals surface area contributed by atoms with Crippen LogP contribution in [0.5, 0.6) is 5.75 Å². The van der Waals surface area contributed by atoms with Crippen LogP contribution in [0.3, 0.4) is 0 Å². The predicted molar refractivity (Wildman–Crippen MR) is 146 cm³/mol. The fourth-order valence-corrected chi connectivity index (χ4v) is 6.02. The number of sulfone groups is 1. The maximum Gasteiger partial charge on any atom is 0.422 e. The van der Waals surface area contributed by atoms with Gasteiger partial charge in [-0.25, -0.2) is 8.42 Å². The number of hydrogen-bond acceptors (Lipinski definition) is 6. The van der Waals surface area contributed by atoms with Crippen molar-refractivity contribution in [2.24, 2.45) is 0 Å². The third-order valence-electron chi connectivity index (χ3n) is 7.21. The Bertz CT molecular complexity index is 1620. The smallest absolute Gasteiger partial charge is 0.422 e. The fourth-order valence-electron chi connectivity index (χ4n) is 5.47. The highest BCUT2D eigenvalue weighted by Crippen LogP contribution is 2.43. The van der Waals surface area contributed by atoms with Gasteiger partial charge in [0.25, 0.3) is 5.91 Å². The molecule has 41 heavy (non-hydrogen) atoms. The molecule has 218 valence electrons. The van der Waals surface area contributed by atoms with Crippen LogP contribution in [0.1, 0.15) is 53.5 Å². The molecule has 0 radical (unpaired) electrons. The zero-order valence-corrected chi connectivity index (χ0v) is 23.3. The number of hydrogen-bond donors (Lipinski definition) is 2. The molecular formula is C28H29F3N4O5S. The van der Waals surface area contributed by atoms with Gasteiger partial charge in [-0.3, -0.25) is 14.3 Å². The third-order valence-corrected chi connectivity index (χ3v) is 8.00. The highest BCUT2D eigenvalue weighted by molar-refractivity contribution is 7.91. The summed E-state index contributed by atoms with van der Waals surface area (Å²) in [6.45, 7) is 0.760. The summed E-state index contributed by atoms with van der Waals surface area (Å²) in [5.74, 6) is -1.97. The van der Waals surface area contributed by atoms with Crippen molar-refractivity contribution in [2.45, 2.75) is 50.9 Å². The van der Waals surface area contributed by atoms with Crippen molar-refractivity contribution in [3.05, 3.63) is 70.6 Å². The molecule has 1 spiro atoms. The van der Waals surface area contributed by atoms with Gasteiger partial charge in [-0.2, -0.15) is 18.3 Å². The molecule has 2 aliphatic carbocycles. The van der Waals surface area contributed by atoms with E-state index in [4.69, 9.17) is 9.84 Å². The number of carbonyl (C=O) groups is 2. The highest BCUT2D eigenvalue weighted by atomic mass is 32.2. The standard InChI is InChI=1S/C28H29F3N4O5S/c1-17-5-3-4-6-18(8-7-17)23-24(32-22(36)14-41(2,38)39)25-26(37)33-27(15-35(25)34-23)12-11-19-13-20(9-10-21(19)27)40-16-28(29,30)31/h5-10,13H,3-4,11-12,14-16H2,1-2H3,(H,32,36)(H,33,37)/b8-7?,17-5?,18-6-/t27-/m0/s1. The Morgan fingerprint density at radius 1 is 1.22 bits per heavy atom. The summed E-state index contributed by atoms with van der Waals surface area (Å²) in [6, 6.07) is 4.67. The molecular weight excluding hydrogens is 561 g/mol. The number of rotatable bonds is 6. The molecule has 2 N–H and O–H groups in total. The molecule has 0 unspecified atom stereocenters. The number of aryl methyl sites for hydroxylation is 1. The number of amides is 2. The molecule has 1 aliphatic heterocycles. The average molecular weight is 591 g/mol. The number of fused-ring (bicyclic) bond motifs is 3. The number of carbonyl (C=O) groups excluding carboxylic acids is 2.